The van der Waals surface area contributed by atoms with Gasteiger partial charge in [0.05, 0.1) is 25.4 Å². The highest BCUT2D eigenvalue weighted by molar-refractivity contribution is 7.96. The van der Waals surface area contributed by atoms with Crippen molar-refractivity contribution in [1.29, 1.82) is 0 Å². The Kier molecular flexibility index (Phi) is 14.0. The lowest BCUT2D eigenvalue weighted by Gasteiger charge is -2.24. The number of phenolic OH excluding ortho intramolecular Hbond substituents is 1. The van der Waals surface area contributed by atoms with Gasteiger partial charge in [0, 0.05) is 31.0 Å². The summed E-state index contributed by atoms with van der Waals surface area (Å²) >= 11 is 1.48. The lowest BCUT2D eigenvalue weighted by molar-refractivity contribution is -0.122. The molecule has 1 amide bonds. The second-order valence-electron chi connectivity index (χ2n) is 9.54. The van der Waals surface area contributed by atoms with Crippen LogP contribution >= 0.6 is 11.9 Å². The van der Waals surface area contributed by atoms with E-state index in [0.29, 0.717) is 25.5 Å². The summed E-state index contributed by atoms with van der Waals surface area (Å²) in [4.78, 5) is 17.2. The summed E-state index contributed by atoms with van der Waals surface area (Å²) in [6.07, 6.45) is 7.86. The van der Waals surface area contributed by atoms with Gasteiger partial charge in [-0.3, -0.25) is 9.63 Å². The van der Waals surface area contributed by atoms with Gasteiger partial charge < -0.3 is 24.6 Å². The minimum absolute atomic E-state index is 0.0324. The number of fused-ring (bicyclic) bond motifs is 1. The van der Waals surface area contributed by atoms with Crippen molar-refractivity contribution in [2.75, 3.05) is 33.4 Å². The van der Waals surface area contributed by atoms with Gasteiger partial charge in [-0.1, -0.05) is 54.8 Å². The van der Waals surface area contributed by atoms with Gasteiger partial charge in [-0.2, -0.15) is 0 Å². The van der Waals surface area contributed by atoms with Crippen LogP contribution < -0.4 is 5.32 Å². The number of amides is 1. The number of phenols is 1. The first-order valence-electron chi connectivity index (χ1n) is 13.4. The van der Waals surface area contributed by atoms with Crippen molar-refractivity contribution in [3.63, 3.8) is 0 Å². The topological polar surface area (TPSA) is 89.5 Å². The molecule has 2 heterocycles. The molecule has 0 unspecified atom stereocenters. The maximum absolute atomic E-state index is 10.3. The quantitative estimate of drug-likeness (QED) is 0.184. The number of nitrogens with one attached hydrogen (secondary N) is 1. The Morgan fingerprint density at radius 3 is 2.55 bits per heavy atom. The van der Waals surface area contributed by atoms with Crippen molar-refractivity contribution in [3.8, 4) is 5.75 Å². The molecule has 0 spiro atoms. The second kappa shape index (κ2) is 17.4. The first-order valence-corrected chi connectivity index (χ1v) is 14.2. The van der Waals surface area contributed by atoms with E-state index in [0.717, 1.165) is 43.7 Å². The maximum atomic E-state index is 10.3. The molecule has 2 N–H and O–H groups in total. The molecule has 3 atom stereocenters. The van der Waals surface area contributed by atoms with Crippen molar-refractivity contribution in [3.05, 3.63) is 60.2 Å². The summed E-state index contributed by atoms with van der Waals surface area (Å²) in [5, 5.41) is 12.2. The molecule has 0 radical (unpaired) electrons. The molecule has 0 bridgehead atoms. The fourth-order valence-electron chi connectivity index (χ4n) is 4.51. The summed E-state index contributed by atoms with van der Waals surface area (Å²) in [6, 6.07) is 17.4. The SMILES string of the molecule is CO[C@H]1CO[C@H]2OCC[C@H]21.Cc1ccccc1.O=CNCCCN(OC1CCCC1)Sc1cccc(O)c1. The third-order valence-corrected chi connectivity index (χ3v) is 7.50. The Labute approximate surface area is 231 Å². The molecule has 2 aliphatic heterocycles. The zero-order valence-electron chi connectivity index (χ0n) is 22.5. The van der Waals surface area contributed by atoms with Gasteiger partial charge in [-0.05, 0) is 62.8 Å². The molecule has 38 heavy (non-hydrogen) atoms. The lowest BCUT2D eigenvalue weighted by Crippen LogP contribution is -2.26. The minimum Gasteiger partial charge on any atom is -0.508 e. The Morgan fingerprint density at radius 1 is 1.11 bits per heavy atom. The van der Waals surface area contributed by atoms with Gasteiger partial charge in [0.1, 0.15) is 5.75 Å². The first-order chi connectivity index (χ1) is 18.6. The summed E-state index contributed by atoms with van der Waals surface area (Å²) in [6.45, 7) is 4.97. The van der Waals surface area contributed by atoms with Gasteiger partial charge in [-0.15, -0.1) is 4.47 Å². The van der Waals surface area contributed by atoms with E-state index < -0.39 is 0 Å². The van der Waals surface area contributed by atoms with E-state index in [-0.39, 0.29) is 24.2 Å². The first kappa shape index (κ1) is 30.4. The predicted molar refractivity (Wildman–Crippen MR) is 148 cm³/mol. The van der Waals surface area contributed by atoms with Crippen LogP contribution in [0.2, 0.25) is 0 Å². The van der Waals surface area contributed by atoms with Gasteiger partial charge in [-0.25, -0.2) is 0 Å². The molecule has 1 saturated carbocycles. The normalized spacial score (nSPS) is 22.2. The van der Waals surface area contributed by atoms with Crippen LogP contribution in [-0.4, -0.2) is 67.9 Å². The van der Waals surface area contributed by atoms with E-state index in [4.69, 9.17) is 19.0 Å². The second-order valence-corrected chi connectivity index (χ2v) is 10.6. The molecule has 2 aromatic carbocycles. The molecule has 1 aliphatic carbocycles. The Balaban J connectivity index is 0.000000191. The van der Waals surface area contributed by atoms with Gasteiger partial charge in [0.15, 0.2) is 6.29 Å². The number of hydrogen-bond donors (Lipinski definition) is 2. The molecule has 2 aromatic rings. The maximum Gasteiger partial charge on any atom is 0.207 e. The van der Waals surface area contributed by atoms with E-state index in [1.807, 2.05) is 34.8 Å². The summed E-state index contributed by atoms with van der Waals surface area (Å²) in [5.74, 6) is 0.744. The number of aryl methyl sites for hydroxylation is 1. The zero-order valence-corrected chi connectivity index (χ0v) is 23.3. The highest BCUT2D eigenvalue weighted by atomic mass is 32.2. The van der Waals surface area contributed by atoms with Crippen LogP contribution in [0, 0.1) is 12.8 Å². The summed E-state index contributed by atoms with van der Waals surface area (Å²) in [5.41, 5.74) is 1.32. The molecular formula is C29H42N2O6S. The van der Waals surface area contributed by atoms with Crippen LogP contribution in [0.3, 0.4) is 0 Å². The summed E-state index contributed by atoms with van der Waals surface area (Å²) in [7, 11) is 1.73. The standard InChI is InChI=1S/C15H22N2O3S.C7H12O3.C7H8/c18-12-16-9-4-10-17(20-14-6-1-2-7-14)21-15-8-3-5-13(19)11-15;1-8-6-4-10-7-5(6)2-3-9-7;1-7-5-3-2-4-6-7/h3,5,8,11-12,14,19H,1-2,4,6-7,9-10H2,(H,16,18);5-7H,2-4H2,1H3;2-6H,1H3/t;5-,6-,7+;/m.0./s1. The fraction of sp³-hybridized carbons (Fsp3) is 0.552. The van der Waals surface area contributed by atoms with Crippen molar-refractivity contribution in [2.45, 2.75) is 68.8 Å². The monoisotopic (exact) mass is 546 g/mol. The van der Waals surface area contributed by atoms with Crippen molar-refractivity contribution >= 4 is 18.4 Å². The highest BCUT2D eigenvalue weighted by Crippen LogP contribution is 2.32. The van der Waals surface area contributed by atoms with Crippen LogP contribution in [0.15, 0.2) is 59.5 Å². The minimum atomic E-state index is 0.0324. The number of ether oxygens (including phenoxy) is 3. The van der Waals surface area contributed by atoms with Gasteiger partial charge >= 0.3 is 0 Å². The van der Waals surface area contributed by atoms with E-state index in [1.165, 1.54) is 30.4 Å². The number of hydrogen-bond acceptors (Lipinski definition) is 8. The van der Waals surface area contributed by atoms with Gasteiger partial charge in [0.25, 0.3) is 0 Å². The molecule has 0 aromatic heterocycles. The van der Waals surface area contributed by atoms with Crippen LogP contribution in [0.1, 0.15) is 44.1 Å². The number of carbonyl (C=O) groups is 1. The third-order valence-electron chi connectivity index (χ3n) is 6.57. The molecular weight excluding hydrogens is 504 g/mol. The number of aromatic hydroxyl groups is 1. The van der Waals surface area contributed by atoms with Crippen molar-refractivity contribution < 1.29 is 28.9 Å². The molecule has 9 heteroatoms. The van der Waals surface area contributed by atoms with Crippen LogP contribution in [0.5, 0.6) is 5.75 Å². The predicted octanol–water partition coefficient (Wildman–Crippen LogP) is 5.10. The summed E-state index contributed by atoms with van der Waals surface area (Å²) < 4.78 is 17.7. The Bertz CT molecular complexity index is 915. The van der Waals surface area contributed by atoms with E-state index in [1.54, 1.807) is 19.2 Å². The molecule has 210 valence electrons. The number of carbonyl (C=O) groups excluding carboxylic acids is 1. The fourth-order valence-corrected chi connectivity index (χ4v) is 5.44. The van der Waals surface area contributed by atoms with Crippen LogP contribution in [0.4, 0.5) is 0 Å². The molecule has 5 rings (SSSR count). The lowest BCUT2D eigenvalue weighted by atomic mass is 10.0. The van der Waals surface area contributed by atoms with Crippen molar-refractivity contribution in [2.24, 2.45) is 5.92 Å². The van der Waals surface area contributed by atoms with E-state index >= 15 is 0 Å². The molecule has 8 nitrogen and oxygen atoms in total. The smallest absolute Gasteiger partial charge is 0.207 e. The molecule has 3 fully saturated rings. The Morgan fingerprint density at radius 2 is 1.89 bits per heavy atom. The molecule has 2 saturated heterocycles. The molecule has 3 aliphatic rings. The number of methoxy groups -OCH3 is 1. The largest absolute Gasteiger partial charge is 0.508 e. The average Bonchev–Trinajstić information content (AvgIpc) is 3.67. The average molecular weight is 547 g/mol. The number of rotatable bonds is 10. The number of benzene rings is 2. The highest BCUT2D eigenvalue weighted by Gasteiger charge is 2.41. The van der Waals surface area contributed by atoms with Crippen LogP contribution in [-0.2, 0) is 23.8 Å². The third kappa shape index (κ3) is 10.9. The number of nitrogens with zero attached hydrogens (tertiary/aromatic N) is 1. The van der Waals surface area contributed by atoms with E-state index in [9.17, 15) is 9.90 Å². The van der Waals surface area contributed by atoms with Crippen LogP contribution in [0.25, 0.3) is 0 Å². The number of hydroxylamine groups is 1. The zero-order chi connectivity index (χ0) is 27.0. The van der Waals surface area contributed by atoms with E-state index in [2.05, 4.69) is 24.4 Å². The van der Waals surface area contributed by atoms with Crippen molar-refractivity contribution in [1.82, 2.24) is 9.79 Å². The Hall–Kier alpha value is -2.14. The van der Waals surface area contributed by atoms with Gasteiger partial charge in [0.2, 0.25) is 6.41 Å².